The van der Waals surface area contributed by atoms with Gasteiger partial charge in [-0.15, -0.1) is 0 Å². The van der Waals surface area contributed by atoms with Crippen LogP contribution in [-0.4, -0.2) is 28.5 Å². The lowest BCUT2D eigenvalue weighted by molar-refractivity contribution is -0.121. The van der Waals surface area contributed by atoms with E-state index in [-0.39, 0.29) is 11.9 Å². The highest BCUT2D eigenvalue weighted by Crippen LogP contribution is 2.19. The van der Waals surface area contributed by atoms with E-state index in [1.807, 2.05) is 20.8 Å². The molecule has 1 amide bonds. The second-order valence-electron chi connectivity index (χ2n) is 4.45. The van der Waals surface area contributed by atoms with Crippen molar-refractivity contribution < 1.29 is 4.79 Å². The van der Waals surface area contributed by atoms with Crippen LogP contribution in [0.3, 0.4) is 0 Å². The van der Waals surface area contributed by atoms with Gasteiger partial charge in [0.15, 0.2) is 0 Å². The van der Waals surface area contributed by atoms with Gasteiger partial charge >= 0.3 is 0 Å². The highest BCUT2D eigenvalue weighted by atomic mass is 16.1. The Morgan fingerprint density at radius 1 is 1.37 bits per heavy atom. The number of carbonyl (C=O) groups is 1. The maximum atomic E-state index is 11.5. The third kappa shape index (κ3) is 4.70. The molecular weight excluding hydrogens is 244 g/mol. The molecule has 0 spiro atoms. The van der Waals surface area contributed by atoms with Crippen molar-refractivity contribution in [2.45, 2.75) is 39.7 Å². The molecule has 0 fully saturated rings. The number of nitrogens with one attached hydrogen (secondary N) is 3. The van der Waals surface area contributed by atoms with Gasteiger partial charge in [0, 0.05) is 24.6 Å². The molecule has 7 heteroatoms. The van der Waals surface area contributed by atoms with Crippen molar-refractivity contribution in [2.75, 3.05) is 17.3 Å². The number of nitrogens with zero attached hydrogens (tertiary/aromatic N) is 2. The number of hydrazine groups is 1. The maximum absolute atomic E-state index is 11.5. The third-order valence-electron chi connectivity index (χ3n) is 2.53. The predicted molar refractivity (Wildman–Crippen MR) is 75.6 cm³/mol. The monoisotopic (exact) mass is 266 g/mol. The Bertz CT molecular complexity index is 421. The van der Waals surface area contributed by atoms with E-state index < -0.39 is 0 Å². The van der Waals surface area contributed by atoms with E-state index in [1.165, 1.54) is 6.33 Å². The number of hydrogen-bond donors (Lipinski definition) is 4. The zero-order valence-electron chi connectivity index (χ0n) is 11.7. The van der Waals surface area contributed by atoms with E-state index in [1.54, 1.807) is 0 Å². The average Bonchev–Trinajstić information content (AvgIpc) is 2.37. The topological polar surface area (TPSA) is 105 Å². The number of nitrogens with two attached hydrogens (primary N) is 1. The Labute approximate surface area is 113 Å². The fourth-order valence-electron chi connectivity index (χ4n) is 1.71. The van der Waals surface area contributed by atoms with E-state index in [4.69, 9.17) is 5.84 Å². The van der Waals surface area contributed by atoms with Crippen LogP contribution >= 0.6 is 0 Å². The second-order valence-corrected chi connectivity index (χ2v) is 4.45. The summed E-state index contributed by atoms with van der Waals surface area (Å²) in [7, 11) is 0. The van der Waals surface area contributed by atoms with Crippen LogP contribution in [0.5, 0.6) is 0 Å². The first-order chi connectivity index (χ1) is 9.08. The van der Waals surface area contributed by atoms with Crippen molar-refractivity contribution in [3.63, 3.8) is 0 Å². The summed E-state index contributed by atoms with van der Waals surface area (Å²) in [5.41, 5.74) is 3.45. The van der Waals surface area contributed by atoms with E-state index >= 15 is 0 Å². The summed E-state index contributed by atoms with van der Waals surface area (Å²) in [4.78, 5) is 19.7. The molecular formula is C12H22N6O. The highest BCUT2D eigenvalue weighted by Gasteiger charge is 2.09. The maximum Gasteiger partial charge on any atom is 0.221 e. The minimum atomic E-state index is 0.0202. The van der Waals surface area contributed by atoms with Gasteiger partial charge in [-0.2, -0.15) is 0 Å². The standard InChI is InChI=1S/C12H22N6O/c1-4-9-11(15-7-16-12(9)18-13)14-6-5-10(19)17-8(2)3/h7-8H,4-6,13H2,1-3H3,(H,17,19)(H2,14,15,16,18). The quantitative estimate of drug-likeness (QED) is 0.426. The lowest BCUT2D eigenvalue weighted by atomic mass is 10.2. The summed E-state index contributed by atoms with van der Waals surface area (Å²) >= 11 is 0. The van der Waals surface area contributed by atoms with Gasteiger partial charge in [-0.1, -0.05) is 6.92 Å². The molecule has 0 aliphatic rings. The van der Waals surface area contributed by atoms with E-state index in [0.29, 0.717) is 24.6 Å². The molecule has 0 aliphatic heterocycles. The predicted octanol–water partition coefficient (Wildman–Crippen LogP) is 0.651. The molecule has 0 bridgehead atoms. The van der Waals surface area contributed by atoms with Crippen LogP contribution in [0, 0.1) is 0 Å². The lowest BCUT2D eigenvalue weighted by Crippen LogP contribution is -2.31. The van der Waals surface area contributed by atoms with Crippen molar-refractivity contribution in [3.05, 3.63) is 11.9 Å². The van der Waals surface area contributed by atoms with Crippen molar-refractivity contribution in [1.82, 2.24) is 15.3 Å². The number of aromatic nitrogens is 2. The van der Waals surface area contributed by atoms with Crippen molar-refractivity contribution in [1.29, 1.82) is 0 Å². The van der Waals surface area contributed by atoms with Crippen molar-refractivity contribution in [2.24, 2.45) is 5.84 Å². The van der Waals surface area contributed by atoms with Crippen LogP contribution in [0.25, 0.3) is 0 Å². The Morgan fingerprint density at radius 2 is 2.05 bits per heavy atom. The van der Waals surface area contributed by atoms with Crippen LogP contribution in [0.4, 0.5) is 11.6 Å². The number of carbonyl (C=O) groups excluding carboxylic acids is 1. The number of nitrogen functional groups attached to an aromatic ring is 1. The van der Waals surface area contributed by atoms with Gasteiger partial charge in [0.25, 0.3) is 0 Å². The zero-order chi connectivity index (χ0) is 14.3. The molecule has 0 aliphatic carbocycles. The summed E-state index contributed by atoms with van der Waals surface area (Å²) < 4.78 is 0. The molecule has 0 saturated heterocycles. The summed E-state index contributed by atoms with van der Waals surface area (Å²) in [6.45, 7) is 6.39. The largest absolute Gasteiger partial charge is 0.369 e. The minimum absolute atomic E-state index is 0.0202. The van der Waals surface area contributed by atoms with E-state index in [2.05, 4.69) is 26.0 Å². The second kappa shape index (κ2) is 7.52. The van der Waals surface area contributed by atoms with Gasteiger partial charge in [0.05, 0.1) is 0 Å². The summed E-state index contributed by atoms with van der Waals surface area (Å²) in [5.74, 6) is 6.73. The first-order valence-electron chi connectivity index (χ1n) is 6.42. The normalized spacial score (nSPS) is 10.4. The molecule has 0 atom stereocenters. The summed E-state index contributed by atoms with van der Waals surface area (Å²) in [6, 6.07) is 0.158. The molecule has 0 saturated carbocycles. The number of anilines is 2. The molecule has 19 heavy (non-hydrogen) atoms. The van der Waals surface area contributed by atoms with Crippen molar-refractivity contribution >= 4 is 17.5 Å². The van der Waals surface area contributed by atoms with Gasteiger partial charge in [-0.25, -0.2) is 15.8 Å². The average molecular weight is 266 g/mol. The van der Waals surface area contributed by atoms with Crippen molar-refractivity contribution in [3.8, 4) is 0 Å². The first kappa shape index (κ1) is 15.2. The molecule has 0 aromatic carbocycles. The van der Waals surface area contributed by atoms with Gasteiger partial charge in [-0.3, -0.25) is 4.79 Å². The Kier molecular flexibility index (Phi) is 6.01. The molecule has 7 nitrogen and oxygen atoms in total. The van der Waals surface area contributed by atoms with Crippen LogP contribution in [-0.2, 0) is 11.2 Å². The van der Waals surface area contributed by atoms with Gasteiger partial charge < -0.3 is 16.1 Å². The summed E-state index contributed by atoms with van der Waals surface area (Å²) in [5, 5.41) is 5.97. The minimum Gasteiger partial charge on any atom is -0.369 e. The third-order valence-corrected chi connectivity index (χ3v) is 2.53. The smallest absolute Gasteiger partial charge is 0.221 e. The van der Waals surface area contributed by atoms with Crippen LogP contribution in [0.2, 0.25) is 0 Å². The van der Waals surface area contributed by atoms with Crippen LogP contribution in [0.15, 0.2) is 6.33 Å². The van der Waals surface area contributed by atoms with Gasteiger partial charge in [0.1, 0.15) is 18.0 Å². The lowest BCUT2D eigenvalue weighted by Gasteiger charge is -2.13. The number of hydrogen-bond acceptors (Lipinski definition) is 6. The van der Waals surface area contributed by atoms with Crippen LogP contribution < -0.4 is 21.9 Å². The molecule has 1 rings (SSSR count). The Hall–Kier alpha value is -1.89. The fourth-order valence-corrected chi connectivity index (χ4v) is 1.71. The molecule has 0 radical (unpaired) electrons. The molecule has 1 heterocycles. The molecule has 106 valence electrons. The Balaban J connectivity index is 2.56. The fraction of sp³-hybridized carbons (Fsp3) is 0.583. The molecule has 1 aromatic rings. The van der Waals surface area contributed by atoms with Crippen LogP contribution in [0.1, 0.15) is 32.8 Å². The zero-order valence-corrected chi connectivity index (χ0v) is 11.7. The number of amides is 1. The SMILES string of the molecule is CCc1c(NN)ncnc1NCCC(=O)NC(C)C. The molecule has 1 aromatic heterocycles. The summed E-state index contributed by atoms with van der Waals surface area (Å²) in [6.07, 6.45) is 2.59. The number of rotatable bonds is 7. The molecule has 0 unspecified atom stereocenters. The molecule has 5 N–H and O–H groups in total. The van der Waals surface area contributed by atoms with Gasteiger partial charge in [-0.05, 0) is 20.3 Å². The van der Waals surface area contributed by atoms with E-state index in [0.717, 1.165) is 12.0 Å². The Morgan fingerprint density at radius 3 is 2.63 bits per heavy atom. The highest BCUT2D eigenvalue weighted by molar-refractivity contribution is 5.76. The van der Waals surface area contributed by atoms with E-state index in [9.17, 15) is 4.79 Å². The first-order valence-corrected chi connectivity index (χ1v) is 6.42. The van der Waals surface area contributed by atoms with Gasteiger partial charge in [0.2, 0.25) is 5.91 Å².